The molecule has 0 unspecified atom stereocenters. The van der Waals surface area contributed by atoms with Crippen molar-refractivity contribution in [2.24, 2.45) is 5.92 Å². The summed E-state index contributed by atoms with van der Waals surface area (Å²) >= 11 is 0. The zero-order chi connectivity index (χ0) is 28.2. The van der Waals surface area contributed by atoms with E-state index in [-0.39, 0.29) is 42.5 Å². The number of nitrogens with zero attached hydrogens (tertiary/aromatic N) is 2. The van der Waals surface area contributed by atoms with Crippen molar-refractivity contribution in [3.8, 4) is 0 Å². The largest absolute Gasteiger partial charge is 0.354 e. The second kappa shape index (κ2) is 11.7. The summed E-state index contributed by atoms with van der Waals surface area (Å²) in [4.78, 5) is 44.2. The van der Waals surface area contributed by atoms with Crippen molar-refractivity contribution in [3.63, 3.8) is 0 Å². The van der Waals surface area contributed by atoms with Gasteiger partial charge in [-0.05, 0) is 46.7 Å². The standard InChI is InChI=1S/C33H32FN3O3/c1-22(2)19-35-32(39)29(18-23-8-4-3-5-9-23)36(20-24-14-16-26(34)17-15-24)30(38)21-37-28-13-7-11-25-10-6-12-27(31(25)28)33(37)40/h3-17,22,29H,18-21H2,1-2H3,(H,35,39)/t29-/m1/s1. The summed E-state index contributed by atoms with van der Waals surface area (Å²) in [6.07, 6.45) is 0.293. The molecule has 0 bridgehead atoms. The van der Waals surface area contributed by atoms with E-state index in [1.165, 1.54) is 21.9 Å². The van der Waals surface area contributed by atoms with Gasteiger partial charge in [-0.2, -0.15) is 0 Å². The van der Waals surface area contributed by atoms with Crippen LogP contribution in [-0.4, -0.2) is 41.8 Å². The number of rotatable bonds is 10. The minimum absolute atomic E-state index is 0.0882. The van der Waals surface area contributed by atoms with Gasteiger partial charge in [0, 0.05) is 30.5 Å². The Labute approximate surface area is 233 Å². The third kappa shape index (κ3) is 5.73. The Kier molecular flexibility index (Phi) is 7.91. The summed E-state index contributed by atoms with van der Waals surface area (Å²) in [6.45, 7) is 4.34. The van der Waals surface area contributed by atoms with Crippen LogP contribution in [0, 0.1) is 11.7 Å². The van der Waals surface area contributed by atoms with Gasteiger partial charge in [-0.1, -0.05) is 80.6 Å². The molecule has 0 aromatic heterocycles. The summed E-state index contributed by atoms with van der Waals surface area (Å²) in [5.74, 6) is -1.05. The molecule has 0 saturated carbocycles. The molecule has 5 rings (SSSR count). The molecule has 1 aliphatic rings. The summed E-state index contributed by atoms with van der Waals surface area (Å²) in [5, 5.41) is 4.74. The van der Waals surface area contributed by atoms with E-state index >= 15 is 0 Å². The molecule has 1 heterocycles. The molecule has 4 aromatic rings. The van der Waals surface area contributed by atoms with Crippen molar-refractivity contribution in [3.05, 3.63) is 114 Å². The first-order chi connectivity index (χ1) is 19.3. The van der Waals surface area contributed by atoms with Gasteiger partial charge in [0.2, 0.25) is 11.8 Å². The van der Waals surface area contributed by atoms with E-state index < -0.39 is 6.04 Å². The Morgan fingerprint density at radius 1 is 0.875 bits per heavy atom. The number of hydrogen-bond donors (Lipinski definition) is 1. The van der Waals surface area contributed by atoms with Crippen LogP contribution in [-0.2, 0) is 22.6 Å². The van der Waals surface area contributed by atoms with Crippen molar-refractivity contribution in [1.29, 1.82) is 0 Å². The highest BCUT2D eigenvalue weighted by Gasteiger charge is 2.35. The number of anilines is 1. The zero-order valence-corrected chi connectivity index (χ0v) is 22.6. The van der Waals surface area contributed by atoms with Gasteiger partial charge in [0.05, 0.1) is 5.69 Å². The van der Waals surface area contributed by atoms with E-state index in [0.717, 1.165) is 16.3 Å². The third-order valence-electron chi connectivity index (χ3n) is 7.16. The predicted molar refractivity (Wildman–Crippen MR) is 154 cm³/mol. The van der Waals surface area contributed by atoms with Crippen LogP contribution in [0.3, 0.4) is 0 Å². The first kappa shape index (κ1) is 27.1. The van der Waals surface area contributed by atoms with Gasteiger partial charge in [0.1, 0.15) is 18.4 Å². The van der Waals surface area contributed by atoms with Crippen molar-refractivity contribution in [2.45, 2.75) is 32.9 Å². The van der Waals surface area contributed by atoms with Crippen LogP contribution in [0.1, 0.15) is 35.3 Å². The van der Waals surface area contributed by atoms with E-state index in [1.54, 1.807) is 18.2 Å². The molecule has 0 radical (unpaired) electrons. The molecule has 0 aliphatic carbocycles. The molecule has 40 heavy (non-hydrogen) atoms. The summed E-state index contributed by atoms with van der Waals surface area (Å²) < 4.78 is 13.7. The van der Waals surface area contributed by atoms with Gasteiger partial charge >= 0.3 is 0 Å². The first-order valence-corrected chi connectivity index (χ1v) is 13.5. The van der Waals surface area contributed by atoms with Crippen molar-refractivity contribution >= 4 is 34.2 Å². The van der Waals surface area contributed by atoms with Crippen LogP contribution < -0.4 is 10.2 Å². The lowest BCUT2D eigenvalue weighted by Gasteiger charge is -2.33. The minimum Gasteiger partial charge on any atom is -0.354 e. The number of benzene rings is 4. The molecule has 1 aliphatic heterocycles. The highest BCUT2D eigenvalue weighted by atomic mass is 19.1. The Bertz CT molecular complexity index is 1530. The van der Waals surface area contributed by atoms with Gasteiger partial charge < -0.3 is 10.2 Å². The average molecular weight is 538 g/mol. The van der Waals surface area contributed by atoms with E-state index in [9.17, 15) is 18.8 Å². The van der Waals surface area contributed by atoms with E-state index in [1.807, 2.05) is 74.5 Å². The summed E-state index contributed by atoms with van der Waals surface area (Å²) in [6, 6.07) is 25.8. The number of halogens is 1. The second-order valence-corrected chi connectivity index (χ2v) is 10.6. The van der Waals surface area contributed by atoms with Crippen molar-refractivity contribution < 1.29 is 18.8 Å². The fraction of sp³-hybridized carbons (Fsp3) is 0.242. The lowest BCUT2D eigenvalue weighted by atomic mass is 10.0. The van der Waals surface area contributed by atoms with Gasteiger partial charge in [0.15, 0.2) is 0 Å². The van der Waals surface area contributed by atoms with Crippen molar-refractivity contribution in [1.82, 2.24) is 10.2 Å². The van der Waals surface area contributed by atoms with Crippen LogP contribution >= 0.6 is 0 Å². The van der Waals surface area contributed by atoms with Crippen LogP contribution in [0.15, 0.2) is 91.0 Å². The number of amides is 3. The van der Waals surface area contributed by atoms with Crippen LogP contribution in [0.2, 0.25) is 0 Å². The molecule has 0 spiro atoms. The molecule has 6 nitrogen and oxygen atoms in total. The maximum Gasteiger partial charge on any atom is 0.259 e. The van der Waals surface area contributed by atoms with Gasteiger partial charge in [-0.15, -0.1) is 0 Å². The molecular formula is C33H32FN3O3. The van der Waals surface area contributed by atoms with Gasteiger partial charge in [-0.25, -0.2) is 4.39 Å². The van der Waals surface area contributed by atoms with E-state index in [0.29, 0.717) is 29.8 Å². The summed E-state index contributed by atoms with van der Waals surface area (Å²) in [7, 11) is 0. The fourth-order valence-electron chi connectivity index (χ4n) is 5.13. The maximum atomic E-state index is 14.1. The molecule has 7 heteroatoms. The topological polar surface area (TPSA) is 69.7 Å². The molecule has 4 aromatic carbocycles. The van der Waals surface area contributed by atoms with Gasteiger partial charge in [-0.3, -0.25) is 19.3 Å². The second-order valence-electron chi connectivity index (χ2n) is 10.6. The quantitative estimate of drug-likeness (QED) is 0.297. The lowest BCUT2D eigenvalue weighted by molar-refractivity contribution is -0.140. The molecule has 0 saturated heterocycles. The summed E-state index contributed by atoms with van der Waals surface area (Å²) in [5.41, 5.74) is 2.82. The van der Waals surface area contributed by atoms with Crippen molar-refractivity contribution in [2.75, 3.05) is 18.0 Å². The highest BCUT2D eigenvalue weighted by molar-refractivity contribution is 6.26. The number of carbonyl (C=O) groups is 3. The third-order valence-corrected chi connectivity index (χ3v) is 7.16. The van der Waals surface area contributed by atoms with Crippen LogP contribution in [0.5, 0.6) is 0 Å². The molecule has 1 atom stereocenters. The first-order valence-electron chi connectivity index (χ1n) is 13.5. The Morgan fingerprint density at radius 3 is 2.27 bits per heavy atom. The molecule has 0 fully saturated rings. The number of nitrogens with one attached hydrogen (secondary N) is 1. The fourth-order valence-corrected chi connectivity index (χ4v) is 5.13. The lowest BCUT2D eigenvalue weighted by Crippen LogP contribution is -2.53. The van der Waals surface area contributed by atoms with Crippen LogP contribution in [0.25, 0.3) is 10.8 Å². The molecule has 204 valence electrons. The maximum absolute atomic E-state index is 14.1. The predicted octanol–water partition coefficient (Wildman–Crippen LogP) is 5.35. The monoisotopic (exact) mass is 537 g/mol. The van der Waals surface area contributed by atoms with Gasteiger partial charge in [0.25, 0.3) is 5.91 Å². The van der Waals surface area contributed by atoms with E-state index in [4.69, 9.17) is 0 Å². The molecule has 3 amide bonds. The molecule has 1 N–H and O–H groups in total. The average Bonchev–Trinajstić information content (AvgIpc) is 3.23. The normalized spacial score (nSPS) is 13.1. The molecular weight excluding hydrogens is 505 g/mol. The highest BCUT2D eigenvalue weighted by Crippen LogP contribution is 2.37. The Balaban J connectivity index is 1.50. The van der Waals surface area contributed by atoms with Crippen LogP contribution in [0.4, 0.5) is 10.1 Å². The number of carbonyl (C=O) groups excluding carboxylic acids is 3. The number of hydrogen-bond acceptors (Lipinski definition) is 3. The zero-order valence-electron chi connectivity index (χ0n) is 22.6. The Hall–Kier alpha value is -4.52. The minimum atomic E-state index is -0.838. The Morgan fingerprint density at radius 2 is 1.57 bits per heavy atom. The smallest absolute Gasteiger partial charge is 0.259 e. The SMILES string of the molecule is CC(C)CNC(=O)[C@@H](Cc1ccccc1)N(Cc1ccc(F)cc1)C(=O)CN1C(=O)c2cccc3cccc1c23. The van der Waals surface area contributed by atoms with E-state index in [2.05, 4.69) is 5.32 Å².